The highest BCUT2D eigenvalue weighted by atomic mass is 16.5. The molecule has 0 spiro atoms. The number of hydrogen-bond donors (Lipinski definition) is 3. The molecule has 40 heavy (non-hydrogen) atoms. The third-order valence-corrected chi connectivity index (χ3v) is 7.78. The Hall–Kier alpha value is -4.17. The molecule has 1 aliphatic heterocycles. The van der Waals surface area contributed by atoms with E-state index in [1.54, 1.807) is 0 Å². The summed E-state index contributed by atoms with van der Waals surface area (Å²) in [6.07, 6.45) is 0.588. The van der Waals surface area contributed by atoms with E-state index < -0.39 is 18.1 Å². The molecule has 8 nitrogen and oxygen atoms in total. The van der Waals surface area contributed by atoms with Crippen LogP contribution in [0.4, 0.5) is 4.79 Å². The second-order valence-electron chi connectivity index (χ2n) is 10.5. The molecule has 1 aliphatic carbocycles. The highest BCUT2D eigenvalue weighted by Gasteiger charge is 2.30. The van der Waals surface area contributed by atoms with Crippen molar-refractivity contribution in [2.24, 2.45) is 0 Å². The predicted molar refractivity (Wildman–Crippen MR) is 152 cm³/mol. The number of rotatable bonds is 10. The van der Waals surface area contributed by atoms with Crippen molar-refractivity contribution in [1.29, 1.82) is 0 Å². The predicted octanol–water partition coefficient (Wildman–Crippen LogP) is 4.54. The van der Waals surface area contributed by atoms with Crippen LogP contribution in [-0.4, -0.2) is 59.8 Å². The first-order valence-corrected chi connectivity index (χ1v) is 13.9. The van der Waals surface area contributed by atoms with E-state index in [0.717, 1.165) is 54.7 Å². The van der Waals surface area contributed by atoms with Crippen LogP contribution in [0.2, 0.25) is 0 Å². The van der Waals surface area contributed by atoms with Gasteiger partial charge >= 0.3 is 12.1 Å². The Kier molecular flexibility index (Phi) is 8.76. The van der Waals surface area contributed by atoms with Crippen molar-refractivity contribution in [1.82, 2.24) is 15.5 Å². The van der Waals surface area contributed by atoms with Crippen molar-refractivity contribution in [3.8, 4) is 11.1 Å². The van der Waals surface area contributed by atoms with E-state index in [9.17, 15) is 19.5 Å². The van der Waals surface area contributed by atoms with Crippen LogP contribution in [0.15, 0.2) is 78.9 Å². The smallest absolute Gasteiger partial charge is 0.407 e. The van der Waals surface area contributed by atoms with Gasteiger partial charge in [0.2, 0.25) is 5.91 Å². The van der Waals surface area contributed by atoms with Gasteiger partial charge in [-0.1, -0.05) is 78.9 Å². The Morgan fingerprint density at radius 1 is 0.875 bits per heavy atom. The lowest BCUT2D eigenvalue weighted by molar-refractivity contribution is -0.137. The minimum Gasteiger partial charge on any atom is -0.481 e. The van der Waals surface area contributed by atoms with Crippen LogP contribution in [0.1, 0.15) is 48.3 Å². The number of carbonyl (C=O) groups is 3. The number of fused-ring (bicyclic) bond motifs is 3. The molecule has 5 rings (SSSR count). The largest absolute Gasteiger partial charge is 0.481 e. The van der Waals surface area contributed by atoms with E-state index in [1.807, 2.05) is 54.6 Å². The van der Waals surface area contributed by atoms with Crippen LogP contribution in [0.25, 0.3) is 11.1 Å². The number of aliphatic carboxylic acids is 1. The Bertz CT molecular complexity index is 1290. The van der Waals surface area contributed by atoms with Crippen molar-refractivity contribution in [3.05, 3.63) is 95.6 Å². The van der Waals surface area contributed by atoms with Gasteiger partial charge in [-0.3, -0.25) is 14.5 Å². The van der Waals surface area contributed by atoms with Gasteiger partial charge in [0.05, 0.1) is 0 Å². The van der Waals surface area contributed by atoms with Crippen molar-refractivity contribution < 1.29 is 24.2 Å². The number of likely N-dealkylation sites (tertiary alicyclic amines) is 1. The average molecular weight is 542 g/mol. The third-order valence-electron chi connectivity index (χ3n) is 7.78. The van der Waals surface area contributed by atoms with E-state index in [-0.39, 0.29) is 37.3 Å². The number of carboxylic acid groups (broad SMARTS) is 1. The molecule has 208 valence electrons. The molecule has 0 saturated carbocycles. The maximum absolute atomic E-state index is 13.1. The fourth-order valence-electron chi connectivity index (χ4n) is 5.70. The quantitative estimate of drug-likeness (QED) is 0.348. The molecule has 1 heterocycles. The molecule has 0 radical (unpaired) electrons. The van der Waals surface area contributed by atoms with E-state index >= 15 is 0 Å². The first-order chi connectivity index (χ1) is 19.5. The lowest BCUT2D eigenvalue weighted by atomic mass is 9.98. The van der Waals surface area contributed by atoms with E-state index in [0.29, 0.717) is 0 Å². The molecule has 1 fully saturated rings. The van der Waals surface area contributed by atoms with Crippen molar-refractivity contribution in [2.45, 2.75) is 50.2 Å². The monoisotopic (exact) mass is 541 g/mol. The molecule has 3 N–H and O–H groups in total. The highest BCUT2D eigenvalue weighted by Crippen LogP contribution is 2.44. The molecule has 2 aliphatic rings. The SMILES string of the molecule is O=C(O)CCC(NC(=O)OCC1c2ccccc2-c2ccccc21)C(=O)NC1CCN(Cc2ccccc2)CC1. The second kappa shape index (κ2) is 12.8. The zero-order chi connectivity index (χ0) is 27.9. The zero-order valence-corrected chi connectivity index (χ0v) is 22.4. The van der Waals surface area contributed by atoms with Crippen LogP contribution < -0.4 is 10.6 Å². The number of hydrogen-bond acceptors (Lipinski definition) is 5. The maximum atomic E-state index is 13.1. The van der Waals surface area contributed by atoms with Crippen LogP contribution in [-0.2, 0) is 20.9 Å². The van der Waals surface area contributed by atoms with E-state index in [1.165, 1.54) is 5.56 Å². The summed E-state index contributed by atoms with van der Waals surface area (Å²) >= 11 is 0. The van der Waals surface area contributed by atoms with E-state index in [4.69, 9.17) is 4.74 Å². The Morgan fingerprint density at radius 3 is 2.10 bits per heavy atom. The lowest BCUT2D eigenvalue weighted by Crippen LogP contribution is -2.52. The Morgan fingerprint density at radius 2 is 1.48 bits per heavy atom. The van der Waals surface area contributed by atoms with Crippen LogP contribution >= 0.6 is 0 Å². The fraction of sp³-hybridized carbons (Fsp3) is 0.344. The summed E-state index contributed by atoms with van der Waals surface area (Å²) in [7, 11) is 0. The van der Waals surface area contributed by atoms with Gasteiger partial charge in [-0.25, -0.2) is 4.79 Å². The fourth-order valence-corrected chi connectivity index (χ4v) is 5.70. The third kappa shape index (κ3) is 6.69. The van der Waals surface area contributed by atoms with Gasteiger partial charge in [0.15, 0.2) is 0 Å². The van der Waals surface area contributed by atoms with Crippen LogP contribution in [0.5, 0.6) is 0 Å². The summed E-state index contributed by atoms with van der Waals surface area (Å²) in [5.41, 5.74) is 5.69. The number of carbonyl (C=O) groups excluding carboxylic acids is 2. The molecular formula is C32H35N3O5. The number of ether oxygens (including phenoxy) is 1. The van der Waals surface area contributed by atoms with Gasteiger partial charge < -0.3 is 20.5 Å². The standard InChI is InChI=1S/C32H35N3O5/c36-30(37)15-14-29(31(38)33-23-16-18-35(19-17-23)20-22-8-2-1-3-9-22)34-32(39)40-21-28-26-12-6-4-10-24(26)25-11-5-7-13-27(25)28/h1-13,23,28-29H,14-21H2,(H,33,38)(H,34,39)(H,36,37). The van der Waals surface area contributed by atoms with Crippen LogP contribution in [0, 0.1) is 0 Å². The molecule has 1 unspecified atom stereocenters. The molecule has 8 heteroatoms. The van der Waals surface area contributed by atoms with Crippen LogP contribution in [0.3, 0.4) is 0 Å². The minimum atomic E-state index is -1.03. The number of piperidine rings is 1. The second-order valence-corrected chi connectivity index (χ2v) is 10.5. The average Bonchev–Trinajstić information content (AvgIpc) is 3.29. The maximum Gasteiger partial charge on any atom is 0.407 e. The molecule has 3 aromatic rings. The Labute approximate surface area is 234 Å². The first kappa shape index (κ1) is 27.4. The summed E-state index contributed by atoms with van der Waals surface area (Å²) < 4.78 is 5.60. The van der Waals surface area contributed by atoms with Gasteiger partial charge in [-0.15, -0.1) is 0 Å². The molecule has 3 aromatic carbocycles. The van der Waals surface area contributed by atoms with E-state index in [2.05, 4.69) is 39.8 Å². The number of alkyl carbamates (subject to hydrolysis) is 1. The number of carboxylic acids is 1. The number of benzene rings is 3. The van der Waals surface area contributed by atoms with Gasteiger partial charge in [-0.2, -0.15) is 0 Å². The molecule has 0 aromatic heterocycles. The van der Waals surface area contributed by atoms with Gasteiger partial charge in [0, 0.05) is 38.0 Å². The first-order valence-electron chi connectivity index (χ1n) is 13.9. The normalized spacial score (nSPS) is 16.0. The zero-order valence-electron chi connectivity index (χ0n) is 22.4. The minimum absolute atomic E-state index is 0.0157. The summed E-state index contributed by atoms with van der Waals surface area (Å²) in [5.74, 6) is -1.51. The number of nitrogens with zero attached hydrogens (tertiary/aromatic N) is 1. The van der Waals surface area contributed by atoms with Crippen molar-refractivity contribution >= 4 is 18.0 Å². The molecule has 2 amide bonds. The lowest BCUT2D eigenvalue weighted by Gasteiger charge is -2.33. The molecular weight excluding hydrogens is 506 g/mol. The van der Waals surface area contributed by atoms with Gasteiger partial charge in [-0.05, 0) is 47.1 Å². The summed E-state index contributed by atoms with van der Waals surface area (Å²) in [6, 6.07) is 25.4. The van der Waals surface area contributed by atoms with Gasteiger partial charge in [0.25, 0.3) is 0 Å². The summed E-state index contributed by atoms with van der Waals surface area (Å²) in [5, 5.41) is 14.9. The van der Waals surface area contributed by atoms with Gasteiger partial charge in [0.1, 0.15) is 12.6 Å². The topological polar surface area (TPSA) is 108 Å². The summed E-state index contributed by atoms with van der Waals surface area (Å²) in [6.45, 7) is 2.68. The molecule has 1 atom stereocenters. The number of nitrogens with one attached hydrogen (secondary N) is 2. The van der Waals surface area contributed by atoms with Crippen molar-refractivity contribution in [3.63, 3.8) is 0 Å². The Balaban J connectivity index is 1.15. The number of amides is 2. The summed E-state index contributed by atoms with van der Waals surface area (Å²) in [4.78, 5) is 39.6. The molecule has 0 bridgehead atoms. The van der Waals surface area contributed by atoms with Crippen molar-refractivity contribution in [2.75, 3.05) is 19.7 Å². The highest BCUT2D eigenvalue weighted by molar-refractivity contribution is 5.86. The molecule has 1 saturated heterocycles.